The van der Waals surface area contributed by atoms with E-state index in [1.54, 1.807) is 12.2 Å². The van der Waals surface area contributed by atoms with Gasteiger partial charge in [-0.15, -0.1) is 6.58 Å². The molecule has 1 heteroatoms. The van der Waals surface area contributed by atoms with E-state index in [0.717, 1.165) is 12.8 Å². The van der Waals surface area contributed by atoms with Gasteiger partial charge in [0.2, 0.25) is 0 Å². The first kappa shape index (κ1) is 15.4. The number of allylic oxidation sites excluding steroid dienone is 3. The lowest BCUT2D eigenvalue weighted by atomic mass is 9.75. The molecule has 0 saturated carbocycles. The Kier molecular flexibility index (Phi) is 5.75. The summed E-state index contributed by atoms with van der Waals surface area (Å²) in [5.74, 6) is 0.404. The van der Waals surface area contributed by atoms with Crippen LogP contribution in [0.15, 0.2) is 55.1 Å². The standard InChI is InChI=1S/C18H24O/c1-5-18(4,15(2)3)17(19)14-10-9-13-16-11-7-6-8-12-16/h5-8,10-12,14-15H,1,9,13H2,2-4H3/b14-10+. The molecule has 19 heavy (non-hydrogen) atoms. The first-order chi connectivity index (χ1) is 9.00. The van der Waals surface area contributed by atoms with Crippen molar-refractivity contribution in [1.82, 2.24) is 0 Å². The number of carbonyl (C=O) groups is 1. The number of hydrogen-bond acceptors (Lipinski definition) is 1. The minimum atomic E-state index is -0.455. The van der Waals surface area contributed by atoms with Gasteiger partial charge in [-0.2, -0.15) is 0 Å². The minimum Gasteiger partial charge on any atom is -0.294 e. The van der Waals surface area contributed by atoms with Gasteiger partial charge >= 0.3 is 0 Å². The molecule has 1 aromatic rings. The van der Waals surface area contributed by atoms with Gasteiger partial charge < -0.3 is 0 Å². The highest BCUT2D eigenvalue weighted by molar-refractivity contribution is 5.96. The molecule has 1 atom stereocenters. The van der Waals surface area contributed by atoms with Gasteiger partial charge in [0.15, 0.2) is 5.78 Å². The number of ketones is 1. The molecule has 1 rings (SSSR count). The van der Waals surface area contributed by atoms with Gasteiger partial charge in [0, 0.05) is 0 Å². The van der Waals surface area contributed by atoms with Crippen LogP contribution in [0.1, 0.15) is 32.8 Å². The van der Waals surface area contributed by atoms with Crippen molar-refractivity contribution in [3.8, 4) is 0 Å². The average molecular weight is 256 g/mol. The van der Waals surface area contributed by atoms with Crippen LogP contribution in [0.4, 0.5) is 0 Å². The van der Waals surface area contributed by atoms with E-state index in [4.69, 9.17) is 0 Å². The molecular weight excluding hydrogens is 232 g/mol. The van der Waals surface area contributed by atoms with E-state index in [-0.39, 0.29) is 11.7 Å². The maximum absolute atomic E-state index is 12.2. The van der Waals surface area contributed by atoms with Crippen molar-refractivity contribution in [3.05, 3.63) is 60.7 Å². The Morgan fingerprint density at radius 1 is 1.32 bits per heavy atom. The van der Waals surface area contributed by atoms with Crippen molar-refractivity contribution in [2.45, 2.75) is 33.6 Å². The van der Waals surface area contributed by atoms with Crippen molar-refractivity contribution in [2.75, 3.05) is 0 Å². The summed E-state index contributed by atoms with van der Waals surface area (Å²) in [6.45, 7) is 9.86. The molecule has 1 unspecified atom stereocenters. The average Bonchev–Trinajstić information content (AvgIpc) is 2.43. The third-order valence-electron chi connectivity index (χ3n) is 3.87. The largest absolute Gasteiger partial charge is 0.294 e. The topological polar surface area (TPSA) is 17.1 Å². The summed E-state index contributed by atoms with van der Waals surface area (Å²) in [5, 5.41) is 0. The molecule has 0 radical (unpaired) electrons. The van der Waals surface area contributed by atoms with Crippen LogP contribution in [0.2, 0.25) is 0 Å². The van der Waals surface area contributed by atoms with Gasteiger partial charge in [-0.3, -0.25) is 4.79 Å². The van der Waals surface area contributed by atoms with E-state index in [2.05, 4.69) is 32.6 Å². The van der Waals surface area contributed by atoms with Gasteiger partial charge in [-0.25, -0.2) is 0 Å². The number of rotatable bonds is 7. The smallest absolute Gasteiger partial charge is 0.165 e. The molecule has 1 nitrogen and oxygen atoms in total. The van der Waals surface area contributed by atoms with Crippen LogP contribution < -0.4 is 0 Å². The molecule has 0 aromatic heterocycles. The second kappa shape index (κ2) is 7.08. The molecule has 1 aromatic carbocycles. The quantitative estimate of drug-likeness (QED) is 0.515. The molecule has 0 N–H and O–H groups in total. The van der Waals surface area contributed by atoms with Crippen molar-refractivity contribution in [2.24, 2.45) is 11.3 Å². The van der Waals surface area contributed by atoms with E-state index >= 15 is 0 Å². The molecule has 0 fully saturated rings. The summed E-state index contributed by atoms with van der Waals surface area (Å²) in [6, 6.07) is 10.3. The second-order valence-electron chi connectivity index (χ2n) is 5.43. The van der Waals surface area contributed by atoms with E-state index in [9.17, 15) is 4.79 Å². The van der Waals surface area contributed by atoms with Crippen LogP contribution >= 0.6 is 0 Å². The van der Waals surface area contributed by atoms with Crippen molar-refractivity contribution in [3.63, 3.8) is 0 Å². The second-order valence-corrected chi connectivity index (χ2v) is 5.43. The zero-order valence-corrected chi connectivity index (χ0v) is 12.2. The van der Waals surface area contributed by atoms with E-state index < -0.39 is 5.41 Å². The maximum atomic E-state index is 12.2. The normalized spacial score (nSPS) is 14.5. The SMILES string of the molecule is C=CC(C)(C(=O)/C=C/CCc1ccccc1)C(C)C. The van der Waals surface area contributed by atoms with Crippen LogP contribution in [0, 0.1) is 11.3 Å². The Balaban J connectivity index is 2.53. The lowest BCUT2D eigenvalue weighted by Crippen LogP contribution is -2.29. The van der Waals surface area contributed by atoms with Crippen LogP contribution in [0.25, 0.3) is 0 Å². The molecule has 0 saturated heterocycles. The van der Waals surface area contributed by atoms with E-state index in [1.807, 2.05) is 31.2 Å². The van der Waals surface area contributed by atoms with Crippen LogP contribution in [-0.4, -0.2) is 5.78 Å². The highest BCUT2D eigenvalue weighted by Gasteiger charge is 2.30. The number of hydrogen-bond donors (Lipinski definition) is 0. The van der Waals surface area contributed by atoms with Crippen molar-refractivity contribution >= 4 is 5.78 Å². The monoisotopic (exact) mass is 256 g/mol. The maximum Gasteiger partial charge on any atom is 0.165 e. The number of aryl methyl sites for hydroxylation is 1. The van der Waals surface area contributed by atoms with E-state index in [0.29, 0.717) is 0 Å². The first-order valence-electron chi connectivity index (χ1n) is 6.89. The Bertz CT molecular complexity index is 442. The summed E-state index contributed by atoms with van der Waals surface area (Å²) in [5.41, 5.74) is 0.846. The first-order valence-corrected chi connectivity index (χ1v) is 6.89. The zero-order valence-electron chi connectivity index (χ0n) is 12.2. The van der Waals surface area contributed by atoms with Gasteiger partial charge in [0.25, 0.3) is 0 Å². The van der Waals surface area contributed by atoms with Crippen LogP contribution in [-0.2, 0) is 11.2 Å². The molecule has 102 valence electrons. The summed E-state index contributed by atoms with van der Waals surface area (Å²) in [6.07, 6.45) is 7.31. The fourth-order valence-corrected chi connectivity index (χ4v) is 1.89. The highest BCUT2D eigenvalue weighted by atomic mass is 16.1. The summed E-state index contributed by atoms with van der Waals surface area (Å²) < 4.78 is 0. The Morgan fingerprint density at radius 3 is 2.47 bits per heavy atom. The molecule has 0 aliphatic heterocycles. The van der Waals surface area contributed by atoms with Gasteiger partial charge in [-0.05, 0) is 37.3 Å². The summed E-state index contributed by atoms with van der Waals surface area (Å²) in [4.78, 5) is 12.2. The fraction of sp³-hybridized carbons (Fsp3) is 0.389. The molecule has 0 aliphatic carbocycles. The Labute approximate surface area is 117 Å². The van der Waals surface area contributed by atoms with Crippen LogP contribution in [0.3, 0.4) is 0 Å². The lowest BCUT2D eigenvalue weighted by molar-refractivity contribution is -0.122. The fourth-order valence-electron chi connectivity index (χ4n) is 1.89. The molecular formula is C18H24O. The summed E-state index contributed by atoms with van der Waals surface area (Å²) >= 11 is 0. The van der Waals surface area contributed by atoms with Gasteiger partial charge in [0.1, 0.15) is 0 Å². The van der Waals surface area contributed by atoms with Gasteiger partial charge in [0.05, 0.1) is 5.41 Å². The molecule has 0 heterocycles. The number of benzene rings is 1. The van der Waals surface area contributed by atoms with Crippen LogP contribution in [0.5, 0.6) is 0 Å². The summed E-state index contributed by atoms with van der Waals surface area (Å²) in [7, 11) is 0. The lowest BCUT2D eigenvalue weighted by Gasteiger charge is -2.27. The van der Waals surface area contributed by atoms with Crippen molar-refractivity contribution < 1.29 is 4.79 Å². The number of carbonyl (C=O) groups excluding carboxylic acids is 1. The Hall–Kier alpha value is -1.63. The third kappa shape index (κ3) is 4.20. The molecule has 0 amide bonds. The molecule has 0 spiro atoms. The third-order valence-corrected chi connectivity index (χ3v) is 3.87. The Morgan fingerprint density at radius 2 is 1.95 bits per heavy atom. The molecule has 0 bridgehead atoms. The predicted octanol–water partition coefficient (Wildman–Crippen LogP) is 4.59. The predicted molar refractivity (Wildman–Crippen MR) is 82.1 cm³/mol. The minimum absolute atomic E-state index is 0.144. The molecule has 0 aliphatic rings. The van der Waals surface area contributed by atoms with E-state index in [1.165, 1.54) is 5.56 Å². The van der Waals surface area contributed by atoms with Gasteiger partial charge in [-0.1, -0.05) is 56.3 Å². The van der Waals surface area contributed by atoms with Crippen molar-refractivity contribution in [1.29, 1.82) is 0 Å². The highest BCUT2D eigenvalue weighted by Crippen LogP contribution is 2.29. The zero-order chi connectivity index (χ0) is 14.3.